The Hall–Kier alpha value is -0.640. The first-order valence-corrected chi connectivity index (χ1v) is 4.96. The molecule has 6 heteroatoms. The van der Waals surface area contributed by atoms with Crippen molar-refractivity contribution in [2.75, 3.05) is 0 Å². The van der Waals surface area contributed by atoms with Gasteiger partial charge in [-0.3, -0.25) is 4.79 Å². The van der Waals surface area contributed by atoms with Gasteiger partial charge in [0.15, 0.2) is 0 Å². The molecule has 0 bridgehead atoms. The summed E-state index contributed by atoms with van der Waals surface area (Å²) in [5.41, 5.74) is 0. The summed E-state index contributed by atoms with van der Waals surface area (Å²) in [6.45, 7) is 0. The summed E-state index contributed by atoms with van der Waals surface area (Å²) in [5.74, 6) is 1.41. The molecule has 0 saturated heterocycles. The van der Waals surface area contributed by atoms with Crippen LogP contribution in [0.15, 0.2) is 6.08 Å². The summed E-state index contributed by atoms with van der Waals surface area (Å²) in [6.07, 6.45) is 0.801. The molecule has 0 aliphatic rings. The molecule has 0 aliphatic heterocycles. The Morgan fingerprint density at radius 1 is 1.55 bits per heavy atom. The molecule has 0 atom stereocenters. The lowest BCUT2D eigenvalue weighted by Gasteiger charge is -1.89. The van der Waals surface area contributed by atoms with E-state index in [4.69, 9.17) is 0 Å². The number of hydrogen-bond acceptors (Lipinski definition) is 4. The second kappa shape index (κ2) is 4.28. The maximum atomic E-state index is 10.5. The summed E-state index contributed by atoms with van der Waals surface area (Å²) in [7, 11) is 0.573. The van der Waals surface area contributed by atoms with Gasteiger partial charge in [0.05, 0.1) is 0 Å². The quantitative estimate of drug-likeness (QED) is 0.479. The standard InChI is InChI=1S/C5H5ClO4S/c6-11(9,10)5(8)3-1-2-4-7/h2H,1,3H2. The lowest BCUT2D eigenvalue weighted by Crippen LogP contribution is -2.06. The van der Waals surface area contributed by atoms with Gasteiger partial charge < -0.3 is 0 Å². The average molecular weight is 197 g/mol. The third-order valence-electron chi connectivity index (χ3n) is 0.848. The molecule has 0 aliphatic carbocycles. The van der Waals surface area contributed by atoms with Crippen LogP contribution in [0.1, 0.15) is 12.8 Å². The van der Waals surface area contributed by atoms with Crippen LogP contribution in [0.4, 0.5) is 0 Å². The van der Waals surface area contributed by atoms with Gasteiger partial charge in [-0.05, 0) is 6.42 Å². The van der Waals surface area contributed by atoms with Gasteiger partial charge in [0.1, 0.15) is 5.94 Å². The molecular formula is C5H5ClO4S. The van der Waals surface area contributed by atoms with Crippen LogP contribution in [0.25, 0.3) is 0 Å². The van der Waals surface area contributed by atoms with Crippen molar-refractivity contribution in [1.82, 2.24) is 0 Å². The molecule has 62 valence electrons. The van der Waals surface area contributed by atoms with E-state index in [1.807, 2.05) is 0 Å². The Labute approximate surface area is 68.3 Å². The van der Waals surface area contributed by atoms with Gasteiger partial charge in [0, 0.05) is 23.2 Å². The van der Waals surface area contributed by atoms with Crippen molar-refractivity contribution in [3.05, 3.63) is 6.08 Å². The normalized spacial score (nSPS) is 10.3. The number of halogens is 1. The Morgan fingerprint density at radius 2 is 2.09 bits per heavy atom. The zero-order valence-electron chi connectivity index (χ0n) is 5.41. The van der Waals surface area contributed by atoms with E-state index in [2.05, 4.69) is 10.7 Å². The van der Waals surface area contributed by atoms with Crippen molar-refractivity contribution >= 4 is 30.8 Å². The summed E-state index contributed by atoms with van der Waals surface area (Å²) in [4.78, 5) is 20.0. The van der Waals surface area contributed by atoms with Gasteiger partial charge in [0.25, 0.3) is 14.2 Å². The van der Waals surface area contributed by atoms with Crippen LogP contribution in [0.3, 0.4) is 0 Å². The van der Waals surface area contributed by atoms with Crippen LogP contribution >= 0.6 is 10.7 Å². The van der Waals surface area contributed by atoms with Gasteiger partial charge in [-0.25, -0.2) is 13.2 Å². The second-order valence-electron chi connectivity index (χ2n) is 1.67. The smallest absolute Gasteiger partial charge is 0.280 e. The first-order chi connectivity index (χ1) is 4.98. The summed E-state index contributed by atoms with van der Waals surface area (Å²) in [5, 5.41) is -1.08. The maximum Gasteiger partial charge on any atom is 0.294 e. The van der Waals surface area contributed by atoms with Crippen LogP contribution in [0.2, 0.25) is 0 Å². The fourth-order valence-corrected chi connectivity index (χ4v) is 0.964. The molecule has 0 aromatic rings. The zero-order chi connectivity index (χ0) is 8.91. The Bertz CT molecular complexity index is 286. The second-order valence-corrected chi connectivity index (χ2v) is 4.22. The molecule has 0 amide bonds. The minimum absolute atomic E-state index is 0.0499. The van der Waals surface area contributed by atoms with Crippen molar-refractivity contribution in [1.29, 1.82) is 0 Å². The van der Waals surface area contributed by atoms with E-state index in [1.54, 1.807) is 0 Å². The van der Waals surface area contributed by atoms with E-state index in [0.717, 1.165) is 6.08 Å². The van der Waals surface area contributed by atoms with E-state index in [0.29, 0.717) is 0 Å². The predicted octanol–water partition coefficient (Wildman–Crippen LogP) is 0.250. The molecule has 0 aromatic heterocycles. The highest BCUT2D eigenvalue weighted by atomic mass is 35.7. The van der Waals surface area contributed by atoms with E-state index in [-0.39, 0.29) is 12.8 Å². The Kier molecular flexibility index (Phi) is 4.03. The third-order valence-corrected chi connectivity index (χ3v) is 2.11. The molecule has 0 N–H and O–H groups in total. The molecule has 0 saturated carbocycles. The van der Waals surface area contributed by atoms with Crippen molar-refractivity contribution in [2.24, 2.45) is 0 Å². The summed E-state index contributed by atoms with van der Waals surface area (Å²) >= 11 is 0. The number of carbonyl (C=O) groups excluding carboxylic acids is 2. The Morgan fingerprint density at radius 3 is 2.45 bits per heavy atom. The average Bonchev–Trinajstić information content (AvgIpc) is 1.86. The van der Waals surface area contributed by atoms with E-state index in [1.165, 1.54) is 5.94 Å². The maximum absolute atomic E-state index is 10.5. The highest BCUT2D eigenvalue weighted by molar-refractivity contribution is 8.25. The van der Waals surface area contributed by atoms with Crippen molar-refractivity contribution in [2.45, 2.75) is 12.8 Å². The first kappa shape index (κ1) is 10.4. The van der Waals surface area contributed by atoms with Crippen molar-refractivity contribution < 1.29 is 18.0 Å². The molecule has 0 radical (unpaired) electrons. The highest BCUT2D eigenvalue weighted by Crippen LogP contribution is 2.03. The molecular weight excluding hydrogens is 192 g/mol. The lowest BCUT2D eigenvalue weighted by molar-refractivity contribution is -0.111. The minimum atomic E-state index is -4.10. The number of carbonyl (C=O) groups is 1. The van der Waals surface area contributed by atoms with Gasteiger partial charge in [-0.15, -0.1) is 0 Å². The largest absolute Gasteiger partial charge is 0.294 e. The SMILES string of the molecule is O=C=CCCC(=O)S(=O)(=O)Cl. The van der Waals surface area contributed by atoms with E-state index in [9.17, 15) is 18.0 Å². The zero-order valence-corrected chi connectivity index (χ0v) is 6.98. The number of allylic oxidation sites excluding steroid dienone is 1. The topological polar surface area (TPSA) is 68.3 Å². The molecule has 0 aromatic carbocycles. The molecule has 0 unspecified atom stereocenters. The third kappa shape index (κ3) is 4.72. The first-order valence-electron chi connectivity index (χ1n) is 2.65. The van der Waals surface area contributed by atoms with E-state index < -0.39 is 14.2 Å². The van der Waals surface area contributed by atoms with Crippen molar-refractivity contribution in [3.63, 3.8) is 0 Å². The molecule has 0 heterocycles. The number of rotatable bonds is 3. The molecule has 0 spiro atoms. The molecule has 11 heavy (non-hydrogen) atoms. The van der Waals surface area contributed by atoms with Crippen molar-refractivity contribution in [3.8, 4) is 0 Å². The van der Waals surface area contributed by atoms with Gasteiger partial charge in [-0.2, -0.15) is 0 Å². The van der Waals surface area contributed by atoms with Gasteiger partial charge >= 0.3 is 0 Å². The summed E-state index contributed by atoms with van der Waals surface area (Å²) < 4.78 is 20.5. The minimum Gasteiger partial charge on any atom is -0.280 e. The van der Waals surface area contributed by atoms with Gasteiger partial charge in [0.2, 0.25) is 0 Å². The molecule has 0 fully saturated rings. The predicted molar refractivity (Wildman–Crippen MR) is 39.3 cm³/mol. The monoisotopic (exact) mass is 196 g/mol. The molecule has 4 nitrogen and oxygen atoms in total. The summed E-state index contributed by atoms with van der Waals surface area (Å²) in [6, 6.07) is 0. The Balaban J connectivity index is 4.01. The highest BCUT2D eigenvalue weighted by Gasteiger charge is 2.16. The fraction of sp³-hybridized carbons (Fsp3) is 0.400. The van der Waals surface area contributed by atoms with Crippen LogP contribution in [-0.2, 0) is 18.6 Å². The number of hydrogen-bond donors (Lipinski definition) is 0. The molecule has 0 rings (SSSR count). The van der Waals surface area contributed by atoms with E-state index >= 15 is 0 Å². The van der Waals surface area contributed by atoms with Crippen LogP contribution in [0, 0.1) is 0 Å². The fourth-order valence-electron chi connectivity index (χ4n) is 0.371. The van der Waals surface area contributed by atoms with Crippen LogP contribution in [0.5, 0.6) is 0 Å². The van der Waals surface area contributed by atoms with Gasteiger partial charge in [-0.1, -0.05) is 0 Å². The van der Waals surface area contributed by atoms with Crippen LogP contribution in [-0.4, -0.2) is 19.5 Å². The lowest BCUT2D eigenvalue weighted by atomic mass is 10.3. The van der Waals surface area contributed by atoms with Crippen LogP contribution < -0.4 is 0 Å².